The molecule has 0 bridgehead atoms. The van der Waals surface area contributed by atoms with Crippen LogP contribution in [0.5, 0.6) is 5.88 Å². The van der Waals surface area contributed by atoms with E-state index in [0.29, 0.717) is 11.4 Å². The number of hydrogen-bond acceptors (Lipinski definition) is 4. The first-order valence-corrected chi connectivity index (χ1v) is 5.75. The Kier molecular flexibility index (Phi) is 3.55. The molecule has 0 aromatic carbocycles. The number of rotatable bonds is 3. The highest BCUT2D eigenvalue weighted by Gasteiger charge is 2.36. The maximum atomic E-state index is 12.9. The molecule has 7 heteroatoms. The molecule has 0 aliphatic carbocycles. The first kappa shape index (κ1) is 13.5. The van der Waals surface area contributed by atoms with Crippen molar-refractivity contribution in [1.82, 2.24) is 10.3 Å². The van der Waals surface area contributed by atoms with Crippen molar-refractivity contribution in [1.29, 1.82) is 0 Å². The lowest BCUT2D eigenvalue weighted by Crippen LogP contribution is -2.14. The molecule has 2 rings (SSSR count). The molecule has 19 heavy (non-hydrogen) atoms. The van der Waals surface area contributed by atoms with Gasteiger partial charge in [-0.1, -0.05) is 6.08 Å². The lowest BCUT2D eigenvalue weighted by Gasteiger charge is -2.16. The van der Waals surface area contributed by atoms with Gasteiger partial charge in [-0.3, -0.25) is 0 Å². The highest BCUT2D eigenvalue weighted by Crippen LogP contribution is 2.38. The van der Waals surface area contributed by atoms with Crippen molar-refractivity contribution >= 4 is 11.4 Å². The van der Waals surface area contributed by atoms with Crippen molar-refractivity contribution in [2.45, 2.75) is 12.6 Å². The fourth-order valence-electron chi connectivity index (χ4n) is 1.93. The number of nitrogens with one attached hydrogen (secondary N) is 2. The topological polar surface area (TPSA) is 46.2 Å². The van der Waals surface area contributed by atoms with E-state index in [2.05, 4.69) is 15.6 Å². The fraction of sp³-hybridized carbons (Fsp3) is 0.417. The molecule has 2 N–H and O–H groups in total. The zero-order valence-corrected chi connectivity index (χ0v) is 10.6. The molecule has 2 heterocycles. The Morgan fingerprint density at radius 1 is 1.42 bits per heavy atom. The van der Waals surface area contributed by atoms with Crippen molar-refractivity contribution in [3.63, 3.8) is 0 Å². The van der Waals surface area contributed by atoms with Crippen LogP contribution in [0.3, 0.4) is 0 Å². The predicted molar refractivity (Wildman–Crippen MR) is 65.9 cm³/mol. The van der Waals surface area contributed by atoms with Crippen LogP contribution in [0.25, 0.3) is 5.70 Å². The van der Waals surface area contributed by atoms with Crippen molar-refractivity contribution < 1.29 is 17.9 Å². The van der Waals surface area contributed by atoms with E-state index < -0.39 is 17.6 Å². The van der Waals surface area contributed by atoms with Gasteiger partial charge in [0, 0.05) is 13.6 Å². The van der Waals surface area contributed by atoms with Gasteiger partial charge in [-0.25, -0.2) is 4.98 Å². The zero-order chi connectivity index (χ0) is 14.0. The summed E-state index contributed by atoms with van der Waals surface area (Å²) in [7, 11) is 2.74. The molecule has 0 saturated heterocycles. The molecule has 1 aromatic heterocycles. The predicted octanol–water partition coefficient (Wildman–Crippen LogP) is 2.48. The third-order valence-corrected chi connectivity index (χ3v) is 2.82. The molecular formula is C12H14F3N3O. The molecule has 1 aromatic rings. The Hall–Kier alpha value is -1.92. The van der Waals surface area contributed by atoms with Crippen LogP contribution in [-0.4, -0.2) is 25.7 Å². The van der Waals surface area contributed by atoms with Gasteiger partial charge in [-0.2, -0.15) is 13.2 Å². The van der Waals surface area contributed by atoms with Gasteiger partial charge in [0.2, 0.25) is 5.88 Å². The van der Waals surface area contributed by atoms with Crippen molar-refractivity contribution in [3.05, 3.63) is 23.4 Å². The van der Waals surface area contributed by atoms with Gasteiger partial charge in [0.05, 0.1) is 18.5 Å². The molecule has 0 amide bonds. The summed E-state index contributed by atoms with van der Waals surface area (Å²) < 4.78 is 43.4. The molecule has 0 unspecified atom stereocenters. The first-order valence-electron chi connectivity index (χ1n) is 5.75. The quantitative estimate of drug-likeness (QED) is 0.888. The molecule has 0 fully saturated rings. The summed E-state index contributed by atoms with van der Waals surface area (Å²) in [5, 5.41) is 5.82. The van der Waals surface area contributed by atoms with E-state index in [1.165, 1.54) is 7.11 Å². The lowest BCUT2D eigenvalue weighted by molar-refractivity contribution is -0.139. The molecule has 0 atom stereocenters. The number of hydrogen-bond donors (Lipinski definition) is 2. The highest BCUT2D eigenvalue weighted by molar-refractivity contribution is 5.74. The van der Waals surface area contributed by atoms with Gasteiger partial charge >= 0.3 is 6.18 Å². The second-order valence-corrected chi connectivity index (χ2v) is 4.02. The summed E-state index contributed by atoms with van der Waals surface area (Å²) in [4.78, 5) is 3.97. The summed E-state index contributed by atoms with van der Waals surface area (Å²) in [6.07, 6.45) is -1.78. The summed E-state index contributed by atoms with van der Waals surface area (Å²) in [5.74, 6) is -0.420. The third kappa shape index (κ3) is 2.59. The van der Waals surface area contributed by atoms with E-state index in [0.717, 1.165) is 24.7 Å². The second kappa shape index (κ2) is 4.99. The number of anilines is 1. The van der Waals surface area contributed by atoms with Crippen LogP contribution in [0.1, 0.15) is 17.7 Å². The zero-order valence-electron chi connectivity index (χ0n) is 10.6. The Bertz CT molecular complexity index is 512. The first-order chi connectivity index (χ1) is 8.97. The minimum atomic E-state index is -4.50. The molecule has 0 saturated carbocycles. The number of ether oxygens (including phenoxy) is 1. The maximum absolute atomic E-state index is 12.9. The summed E-state index contributed by atoms with van der Waals surface area (Å²) in [6, 6.07) is 1.02. The standard InChI is InChI=1S/C12H14F3N3O/c1-16-9-6-7(12(13,14)15)11(19-2)18-10(9)8-4-3-5-17-8/h4,6,16-17H,3,5H2,1-2H3. The van der Waals surface area contributed by atoms with E-state index in [1.54, 1.807) is 7.05 Å². The minimum Gasteiger partial charge on any atom is -0.481 e. The van der Waals surface area contributed by atoms with Crippen molar-refractivity contribution in [3.8, 4) is 5.88 Å². The van der Waals surface area contributed by atoms with Crippen LogP contribution < -0.4 is 15.4 Å². The lowest BCUT2D eigenvalue weighted by atomic mass is 10.1. The second-order valence-electron chi connectivity index (χ2n) is 4.02. The van der Waals surface area contributed by atoms with E-state index >= 15 is 0 Å². The number of nitrogens with zero attached hydrogens (tertiary/aromatic N) is 1. The van der Waals surface area contributed by atoms with Crippen LogP contribution in [0, 0.1) is 0 Å². The number of alkyl halides is 3. The summed E-state index contributed by atoms with van der Waals surface area (Å²) in [5.41, 5.74) is 0.580. The molecule has 1 aliphatic heterocycles. The van der Waals surface area contributed by atoms with Crippen LogP contribution >= 0.6 is 0 Å². The number of halogens is 3. The van der Waals surface area contributed by atoms with Gasteiger partial charge in [0.1, 0.15) is 11.3 Å². The SMILES string of the molecule is CNc1cc(C(F)(F)F)c(OC)nc1C1=CCCN1. The molecule has 1 aliphatic rings. The van der Waals surface area contributed by atoms with Gasteiger partial charge in [0.15, 0.2) is 0 Å². The Labute approximate surface area is 108 Å². The molecular weight excluding hydrogens is 259 g/mol. The maximum Gasteiger partial charge on any atom is 0.421 e. The van der Waals surface area contributed by atoms with Crippen molar-refractivity contribution in [2.24, 2.45) is 0 Å². The van der Waals surface area contributed by atoms with Gasteiger partial charge < -0.3 is 15.4 Å². The smallest absolute Gasteiger partial charge is 0.421 e. The fourth-order valence-corrected chi connectivity index (χ4v) is 1.93. The van der Waals surface area contributed by atoms with Crippen molar-refractivity contribution in [2.75, 3.05) is 26.0 Å². The van der Waals surface area contributed by atoms with E-state index in [-0.39, 0.29) is 0 Å². The molecule has 0 spiro atoms. The Morgan fingerprint density at radius 3 is 2.63 bits per heavy atom. The molecule has 104 valence electrons. The van der Waals surface area contributed by atoms with E-state index in [1.807, 2.05) is 6.08 Å². The van der Waals surface area contributed by atoms with Crippen LogP contribution in [0.15, 0.2) is 12.1 Å². The van der Waals surface area contributed by atoms with Gasteiger partial charge in [-0.05, 0) is 12.5 Å². The number of aromatic nitrogens is 1. The Morgan fingerprint density at radius 2 is 2.16 bits per heavy atom. The Balaban J connectivity index is 2.57. The average Bonchev–Trinajstić information content (AvgIpc) is 2.89. The average molecular weight is 273 g/mol. The minimum absolute atomic E-state index is 0.314. The monoisotopic (exact) mass is 273 g/mol. The summed E-state index contributed by atoms with van der Waals surface area (Å²) in [6.45, 7) is 0.753. The largest absolute Gasteiger partial charge is 0.481 e. The number of pyridine rings is 1. The number of methoxy groups -OCH3 is 1. The van der Waals surface area contributed by atoms with Gasteiger partial charge in [-0.15, -0.1) is 0 Å². The molecule has 0 radical (unpaired) electrons. The molecule has 4 nitrogen and oxygen atoms in total. The van der Waals surface area contributed by atoms with Crippen LogP contribution in [0.2, 0.25) is 0 Å². The van der Waals surface area contributed by atoms with Crippen LogP contribution in [0.4, 0.5) is 18.9 Å². The van der Waals surface area contributed by atoms with Crippen LogP contribution in [-0.2, 0) is 6.18 Å². The highest BCUT2D eigenvalue weighted by atomic mass is 19.4. The van der Waals surface area contributed by atoms with Gasteiger partial charge in [0.25, 0.3) is 0 Å². The van der Waals surface area contributed by atoms with E-state index in [4.69, 9.17) is 4.74 Å². The summed E-state index contributed by atoms with van der Waals surface area (Å²) >= 11 is 0. The third-order valence-electron chi connectivity index (χ3n) is 2.82. The normalized spacial score (nSPS) is 14.9. The van der Waals surface area contributed by atoms with E-state index in [9.17, 15) is 13.2 Å².